The van der Waals surface area contributed by atoms with E-state index in [9.17, 15) is 23.0 Å². The second-order valence-corrected chi connectivity index (χ2v) is 7.12. The summed E-state index contributed by atoms with van der Waals surface area (Å²) in [4.78, 5) is -0.291. The van der Waals surface area contributed by atoms with Crippen LogP contribution in [0.5, 0.6) is 0 Å². The van der Waals surface area contributed by atoms with Crippen molar-refractivity contribution in [3.8, 4) is 0 Å². The van der Waals surface area contributed by atoms with Gasteiger partial charge >= 0.3 is 0 Å². The molecule has 1 unspecified atom stereocenters. The standard InChI is InChI=1S/C17H17FO4S/c1-23(21,22)15(11-19)16(12-7-9-14(18)10-8-12)17(20)13-5-3-2-4-6-13/h2-10,17,19-20H,11H2,1H3. The zero-order chi connectivity index (χ0) is 17.0. The minimum absolute atomic E-state index is 0.0428. The Hall–Kier alpha value is -2.02. The molecule has 0 aliphatic heterocycles. The van der Waals surface area contributed by atoms with Crippen LogP contribution in [0.2, 0.25) is 0 Å². The van der Waals surface area contributed by atoms with E-state index in [0.29, 0.717) is 11.1 Å². The van der Waals surface area contributed by atoms with Crippen LogP contribution in [0.4, 0.5) is 4.39 Å². The van der Waals surface area contributed by atoms with Crippen LogP contribution in [-0.2, 0) is 9.84 Å². The number of hydrogen-bond donors (Lipinski definition) is 2. The molecule has 1 atom stereocenters. The third kappa shape index (κ3) is 4.04. The van der Waals surface area contributed by atoms with Gasteiger partial charge in [-0.25, -0.2) is 12.8 Å². The Labute approximate surface area is 134 Å². The van der Waals surface area contributed by atoms with Gasteiger partial charge in [0.15, 0.2) is 9.84 Å². The topological polar surface area (TPSA) is 74.6 Å². The molecule has 2 aromatic rings. The zero-order valence-electron chi connectivity index (χ0n) is 12.5. The number of halogens is 1. The summed E-state index contributed by atoms with van der Waals surface area (Å²) in [6.45, 7) is -0.755. The molecule has 6 heteroatoms. The highest BCUT2D eigenvalue weighted by atomic mass is 32.2. The highest BCUT2D eigenvalue weighted by molar-refractivity contribution is 7.94. The van der Waals surface area contributed by atoms with Gasteiger partial charge in [0.05, 0.1) is 11.5 Å². The quantitative estimate of drug-likeness (QED) is 0.879. The molecule has 0 amide bonds. The van der Waals surface area contributed by atoms with Gasteiger partial charge in [0, 0.05) is 11.8 Å². The Balaban J connectivity index is 2.70. The largest absolute Gasteiger partial charge is 0.391 e. The van der Waals surface area contributed by atoms with Crippen molar-refractivity contribution in [1.82, 2.24) is 0 Å². The van der Waals surface area contributed by atoms with E-state index in [2.05, 4.69) is 0 Å². The second kappa shape index (κ2) is 7.04. The van der Waals surface area contributed by atoms with Gasteiger partial charge in [0.2, 0.25) is 0 Å². The van der Waals surface area contributed by atoms with Crippen LogP contribution in [0, 0.1) is 5.82 Å². The fourth-order valence-corrected chi connectivity index (χ4v) is 3.17. The predicted octanol–water partition coefficient (Wildman–Crippen LogP) is 2.31. The summed E-state index contributed by atoms with van der Waals surface area (Å²) >= 11 is 0. The molecule has 0 aliphatic rings. The summed E-state index contributed by atoms with van der Waals surface area (Å²) in [7, 11) is -3.75. The molecule has 0 bridgehead atoms. The van der Waals surface area contributed by atoms with E-state index in [1.807, 2.05) is 0 Å². The van der Waals surface area contributed by atoms with Crippen molar-refractivity contribution in [3.63, 3.8) is 0 Å². The van der Waals surface area contributed by atoms with E-state index in [0.717, 1.165) is 6.26 Å². The molecule has 4 nitrogen and oxygen atoms in total. The first-order chi connectivity index (χ1) is 10.8. The number of sulfone groups is 1. The van der Waals surface area contributed by atoms with Gasteiger partial charge < -0.3 is 10.2 Å². The van der Waals surface area contributed by atoms with Crippen LogP contribution >= 0.6 is 0 Å². The average molecular weight is 336 g/mol. The van der Waals surface area contributed by atoms with Crippen molar-refractivity contribution in [1.29, 1.82) is 0 Å². The SMILES string of the molecule is CS(=O)(=O)C(CO)=C(c1ccc(F)cc1)C(O)c1ccccc1. The third-order valence-corrected chi connectivity index (χ3v) is 4.68. The molecule has 2 aromatic carbocycles. The Morgan fingerprint density at radius 2 is 1.65 bits per heavy atom. The Morgan fingerprint density at radius 1 is 1.09 bits per heavy atom. The molecule has 0 spiro atoms. The van der Waals surface area contributed by atoms with Crippen LogP contribution in [-0.4, -0.2) is 31.5 Å². The Morgan fingerprint density at radius 3 is 2.13 bits per heavy atom. The minimum atomic E-state index is -3.75. The summed E-state index contributed by atoms with van der Waals surface area (Å²) in [6, 6.07) is 13.6. The molecule has 0 aromatic heterocycles. The van der Waals surface area contributed by atoms with Gasteiger partial charge in [-0.05, 0) is 23.3 Å². The maximum Gasteiger partial charge on any atom is 0.174 e. The first-order valence-electron chi connectivity index (χ1n) is 6.87. The predicted molar refractivity (Wildman–Crippen MR) is 86.7 cm³/mol. The van der Waals surface area contributed by atoms with Gasteiger partial charge in [-0.1, -0.05) is 42.5 Å². The van der Waals surface area contributed by atoms with Crippen LogP contribution < -0.4 is 0 Å². The summed E-state index contributed by atoms with van der Waals surface area (Å²) in [5.74, 6) is -0.479. The van der Waals surface area contributed by atoms with E-state index in [4.69, 9.17) is 0 Å². The van der Waals surface area contributed by atoms with Crippen molar-refractivity contribution < 1.29 is 23.0 Å². The lowest BCUT2D eigenvalue weighted by molar-refractivity contribution is 0.236. The number of aliphatic hydroxyl groups excluding tert-OH is 2. The molecule has 122 valence electrons. The van der Waals surface area contributed by atoms with Crippen LogP contribution in [0.25, 0.3) is 5.57 Å². The molecule has 0 saturated carbocycles. The highest BCUT2D eigenvalue weighted by Crippen LogP contribution is 2.34. The van der Waals surface area contributed by atoms with E-state index >= 15 is 0 Å². The van der Waals surface area contributed by atoms with Crippen LogP contribution in [0.15, 0.2) is 59.5 Å². The number of hydrogen-bond acceptors (Lipinski definition) is 4. The molecular formula is C17H17FO4S. The molecular weight excluding hydrogens is 319 g/mol. The Bertz CT molecular complexity index is 796. The maximum atomic E-state index is 13.1. The van der Waals surface area contributed by atoms with Crippen LogP contribution in [0.3, 0.4) is 0 Å². The van der Waals surface area contributed by atoms with E-state index in [-0.39, 0.29) is 10.5 Å². The molecule has 0 heterocycles. The number of aliphatic hydroxyl groups is 2. The zero-order valence-corrected chi connectivity index (χ0v) is 13.3. The molecule has 0 radical (unpaired) electrons. The van der Waals surface area contributed by atoms with Crippen molar-refractivity contribution in [2.24, 2.45) is 0 Å². The number of benzene rings is 2. The summed E-state index contributed by atoms with van der Waals surface area (Å²) < 4.78 is 37.1. The van der Waals surface area contributed by atoms with Crippen molar-refractivity contribution in [3.05, 3.63) is 76.4 Å². The van der Waals surface area contributed by atoms with Gasteiger partial charge in [0.25, 0.3) is 0 Å². The fraction of sp³-hybridized carbons (Fsp3) is 0.176. The summed E-state index contributed by atoms with van der Waals surface area (Å²) in [5.41, 5.74) is 0.847. The van der Waals surface area contributed by atoms with Gasteiger partial charge in [-0.15, -0.1) is 0 Å². The lowest BCUT2D eigenvalue weighted by Crippen LogP contribution is -2.13. The average Bonchev–Trinajstić information content (AvgIpc) is 2.52. The maximum absolute atomic E-state index is 13.1. The molecule has 2 N–H and O–H groups in total. The first-order valence-corrected chi connectivity index (χ1v) is 8.76. The van der Waals surface area contributed by atoms with Crippen molar-refractivity contribution in [2.45, 2.75) is 6.10 Å². The smallest absolute Gasteiger partial charge is 0.174 e. The monoisotopic (exact) mass is 336 g/mol. The molecule has 2 rings (SSSR count). The summed E-state index contributed by atoms with van der Waals surface area (Å²) in [5, 5.41) is 20.2. The normalized spacial score (nSPS) is 14.3. The third-order valence-electron chi connectivity index (χ3n) is 3.44. The van der Waals surface area contributed by atoms with Crippen molar-refractivity contribution >= 4 is 15.4 Å². The lowest BCUT2D eigenvalue weighted by atomic mass is 9.95. The molecule has 23 heavy (non-hydrogen) atoms. The van der Waals surface area contributed by atoms with Crippen LogP contribution in [0.1, 0.15) is 17.2 Å². The minimum Gasteiger partial charge on any atom is -0.391 e. The fourth-order valence-electron chi connectivity index (χ4n) is 2.30. The summed E-state index contributed by atoms with van der Waals surface area (Å²) in [6.07, 6.45) is -0.307. The molecule has 0 fully saturated rings. The molecule has 0 saturated heterocycles. The van der Waals surface area contributed by atoms with Gasteiger partial charge in [-0.3, -0.25) is 0 Å². The highest BCUT2D eigenvalue weighted by Gasteiger charge is 2.25. The first kappa shape index (κ1) is 17.3. The number of rotatable bonds is 5. The van der Waals surface area contributed by atoms with E-state index in [1.165, 1.54) is 24.3 Å². The van der Waals surface area contributed by atoms with Gasteiger partial charge in [0.1, 0.15) is 11.9 Å². The van der Waals surface area contributed by atoms with Crippen molar-refractivity contribution in [2.75, 3.05) is 12.9 Å². The van der Waals surface area contributed by atoms with E-state index in [1.54, 1.807) is 30.3 Å². The Kier molecular flexibility index (Phi) is 5.30. The van der Waals surface area contributed by atoms with E-state index < -0.39 is 28.4 Å². The lowest BCUT2D eigenvalue weighted by Gasteiger charge is -2.19. The molecule has 0 aliphatic carbocycles. The second-order valence-electron chi connectivity index (χ2n) is 5.09. The van der Waals surface area contributed by atoms with Gasteiger partial charge in [-0.2, -0.15) is 0 Å².